The van der Waals surface area contributed by atoms with Crippen molar-refractivity contribution in [1.29, 1.82) is 5.26 Å². The molecule has 0 bridgehead atoms. The van der Waals surface area contributed by atoms with Crippen LogP contribution >= 0.6 is 11.3 Å². The lowest BCUT2D eigenvalue weighted by atomic mass is 10.1. The molecule has 2 aromatic heterocycles. The Morgan fingerprint density at radius 1 is 1.19 bits per heavy atom. The number of anilines is 3. The molecule has 1 atom stereocenters. The Kier molecular flexibility index (Phi) is 5.62. The molecule has 4 heterocycles. The third-order valence-corrected chi connectivity index (χ3v) is 7.60. The fraction of sp³-hybridized carbons (Fsp3) is 0.185. The summed E-state index contributed by atoms with van der Waals surface area (Å²) in [5, 5.41) is 15.8. The highest BCUT2D eigenvalue weighted by atomic mass is 32.1. The molecule has 37 heavy (non-hydrogen) atoms. The van der Waals surface area contributed by atoms with Crippen molar-refractivity contribution in [3.8, 4) is 17.7 Å². The second kappa shape index (κ2) is 9.11. The van der Waals surface area contributed by atoms with Crippen LogP contribution in [0.2, 0.25) is 0 Å². The van der Waals surface area contributed by atoms with E-state index < -0.39 is 0 Å². The molecule has 184 valence electrons. The maximum absolute atomic E-state index is 13.4. The van der Waals surface area contributed by atoms with Crippen LogP contribution in [0.3, 0.4) is 0 Å². The number of nitrogens with zero attached hydrogens (tertiary/aromatic N) is 4. The lowest BCUT2D eigenvalue weighted by Crippen LogP contribution is -2.38. The first-order chi connectivity index (χ1) is 18.0. The van der Waals surface area contributed by atoms with E-state index in [9.17, 15) is 9.59 Å². The van der Waals surface area contributed by atoms with E-state index in [2.05, 4.69) is 21.8 Å². The molecule has 2 aromatic carbocycles. The molecule has 1 fully saturated rings. The number of aromatic nitrogens is 1. The van der Waals surface area contributed by atoms with Gasteiger partial charge in [-0.2, -0.15) is 5.26 Å². The van der Waals surface area contributed by atoms with Gasteiger partial charge in [-0.05, 0) is 55.3 Å². The number of hydrogen-bond donors (Lipinski definition) is 2. The van der Waals surface area contributed by atoms with Crippen LogP contribution in [0.4, 0.5) is 21.9 Å². The lowest BCUT2D eigenvalue weighted by Gasteiger charge is -2.29. The molecular formula is C27H22N6O3S. The molecule has 10 heteroatoms. The summed E-state index contributed by atoms with van der Waals surface area (Å²) in [7, 11) is 0. The van der Waals surface area contributed by atoms with Crippen molar-refractivity contribution in [2.24, 2.45) is 0 Å². The topological polar surface area (TPSA) is 111 Å². The van der Waals surface area contributed by atoms with Crippen LogP contribution in [-0.4, -0.2) is 41.0 Å². The van der Waals surface area contributed by atoms with Gasteiger partial charge >= 0.3 is 6.03 Å². The lowest BCUT2D eigenvalue weighted by molar-refractivity contribution is 0.0943. The first-order valence-electron chi connectivity index (χ1n) is 11.8. The summed E-state index contributed by atoms with van der Waals surface area (Å²) in [5.41, 5.74) is 2.69. The normalized spacial score (nSPS) is 16.4. The van der Waals surface area contributed by atoms with Crippen molar-refractivity contribution < 1.29 is 14.3 Å². The average molecular weight is 511 g/mol. The second-order valence-corrected chi connectivity index (χ2v) is 9.95. The number of likely N-dealkylation sites (tertiary alicyclic amines) is 1. The predicted molar refractivity (Wildman–Crippen MR) is 142 cm³/mol. The van der Waals surface area contributed by atoms with Crippen LogP contribution in [0.1, 0.15) is 21.7 Å². The first-order valence-corrected chi connectivity index (χ1v) is 12.6. The summed E-state index contributed by atoms with van der Waals surface area (Å²) in [6.07, 6.45) is 4.47. The van der Waals surface area contributed by atoms with Crippen LogP contribution in [0.5, 0.6) is 11.5 Å². The standard InChI is InChI=1S/C27H22N6O3S/c1-16-13-19(36-18-5-3-2-4-6-18)7-8-20(16)33-21-9-11-29-26-22(21)23(31-27(33)35)24(37-26)25(34)30-17-10-12-32(14-17)15-28/h2-9,11,13,17H,10,12,14H2,1H3,(H,30,34)(H,31,35). The number of carbonyl (C=O) groups is 2. The molecule has 3 amide bonds. The van der Waals surface area contributed by atoms with E-state index in [1.165, 1.54) is 11.3 Å². The van der Waals surface area contributed by atoms with Gasteiger partial charge in [-0.3, -0.25) is 9.69 Å². The predicted octanol–water partition coefficient (Wildman–Crippen LogP) is 5.37. The van der Waals surface area contributed by atoms with Gasteiger partial charge in [0.25, 0.3) is 5.91 Å². The molecule has 0 spiro atoms. The minimum Gasteiger partial charge on any atom is -0.457 e. The van der Waals surface area contributed by atoms with Crippen molar-refractivity contribution in [2.45, 2.75) is 19.4 Å². The van der Waals surface area contributed by atoms with Crippen LogP contribution in [0, 0.1) is 18.4 Å². The molecule has 0 aliphatic carbocycles. The van der Waals surface area contributed by atoms with Gasteiger partial charge in [-0.1, -0.05) is 18.2 Å². The Bertz CT molecular complexity index is 1580. The number of aryl methyl sites for hydroxylation is 1. The van der Waals surface area contributed by atoms with Gasteiger partial charge in [0.2, 0.25) is 0 Å². The summed E-state index contributed by atoms with van der Waals surface area (Å²) >= 11 is 1.24. The van der Waals surface area contributed by atoms with Gasteiger partial charge in [0.15, 0.2) is 6.19 Å². The van der Waals surface area contributed by atoms with Gasteiger partial charge in [0.05, 0.1) is 22.4 Å². The highest BCUT2D eigenvalue weighted by Gasteiger charge is 2.34. The minimum atomic E-state index is -0.358. The Balaban J connectivity index is 1.33. The highest BCUT2D eigenvalue weighted by Crippen LogP contribution is 2.46. The summed E-state index contributed by atoms with van der Waals surface area (Å²) in [6, 6.07) is 16.4. The molecule has 1 saturated heterocycles. The number of hydrogen-bond acceptors (Lipinski definition) is 7. The maximum atomic E-state index is 13.4. The van der Waals surface area contributed by atoms with Crippen molar-refractivity contribution >= 4 is 50.6 Å². The zero-order chi connectivity index (χ0) is 25.5. The van der Waals surface area contributed by atoms with Gasteiger partial charge < -0.3 is 20.3 Å². The number of amides is 3. The molecule has 0 saturated carbocycles. The van der Waals surface area contributed by atoms with E-state index in [4.69, 9.17) is 10.00 Å². The SMILES string of the molecule is Cc1cc(Oc2ccccc2)ccc1N1C(=O)Nc2c(C(=O)NC3CCN(C#N)C3)sc3nccc1c23. The fourth-order valence-corrected chi connectivity index (χ4v) is 5.79. The first kappa shape index (κ1) is 22.8. The Hall–Kier alpha value is -4.62. The number of urea groups is 1. The number of nitriles is 1. The average Bonchev–Trinajstić information content (AvgIpc) is 3.51. The van der Waals surface area contributed by atoms with E-state index in [0.717, 1.165) is 16.7 Å². The number of ether oxygens (including phenoxy) is 1. The largest absolute Gasteiger partial charge is 0.457 e. The zero-order valence-corrected chi connectivity index (χ0v) is 20.7. The van der Waals surface area contributed by atoms with Crippen LogP contribution in [0.25, 0.3) is 10.2 Å². The molecule has 6 rings (SSSR count). The molecule has 2 aliphatic heterocycles. The molecular weight excluding hydrogens is 488 g/mol. The Morgan fingerprint density at radius 2 is 2.03 bits per heavy atom. The third-order valence-electron chi connectivity index (χ3n) is 6.51. The fourth-order valence-electron chi connectivity index (χ4n) is 4.77. The Morgan fingerprint density at radius 3 is 2.78 bits per heavy atom. The van der Waals surface area contributed by atoms with Crippen molar-refractivity contribution in [2.75, 3.05) is 23.3 Å². The molecule has 2 aliphatic rings. The zero-order valence-electron chi connectivity index (χ0n) is 19.9. The number of thiophene rings is 1. The van der Waals surface area contributed by atoms with Gasteiger partial charge in [-0.25, -0.2) is 9.78 Å². The second-order valence-electron chi connectivity index (χ2n) is 8.95. The minimum absolute atomic E-state index is 0.118. The summed E-state index contributed by atoms with van der Waals surface area (Å²) < 4.78 is 5.95. The van der Waals surface area contributed by atoms with E-state index in [-0.39, 0.29) is 18.0 Å². The molecule has 1 unspecified atom stereocenters. The quantitative estimate of drug-likeness (QED) is 0.350. The number of para-hydroxylation sites is 1. The Labute approximate surface area is 216 Å². The third kappa shape index (κ3) is 4.09. The number of carbonyl (C=O) groups excluding carboxylic acids is 2. The monoisotopic (exact) mass is 510 g/mol. The summed E-state index contributed by atoms with van der Waals surface area (Å²) in [6.45, 7) is 3.02. The number of rotatable bonds is 5. The van der Waals surface area contributed by atoms with E-state index >= 15 is 0 Å². The molecule has 4 aromatic rings. The van der Waals surface area contributed by atoms with Crippen LogP contribution < -0.4 is 20.3 Å². The molecule has 0 radical (unpaired) electrons. The number of nitrogens with one attached hydrogen (secondary N) is 2. The summed E-state index contributed by atoms with van der Waals surface area (Å²) in [5.74, 6) is 1.12. The van der Waals surface area contributed by atoms with E-state index in [0.29, 0.717) is 52.0 Å². The smallest absolute Gasteiger partial charge is 0.331 e. The van der Waals surface area contributed by atoms with Gasteiger partial charge in [0, 0.05) is 25.3 Å². The van der Waals surface area contributed by atoms with Crippen molar-refractivity contribution in [1.82, 2.24) is 15.2 Å². The van der Waals surface area contributed by atoms with Gasteiger partial charge in [-0.15, -0.1) is 11.3 Å². The maximum Gasteiger partial charge on any atom is 0.331 e. The van der Waals surface area contributed by atoms with Crippen molar-refractivity contribution in [3.05, 3.63) is 71.2 Å². The van der Waals surface area contributed by atoms with Crippen molar-refractivity contribution in [3.63, 3.8) is 0 Å². The summed E-state index contributed by atoms with van der Waals surface area (Å²) in [4.78, 5) is 35.4. The van der Waals surface area contributed by atoms with Crippen LogP contribution in [0.15, 0.2) is 60.8 Å². The van der Waals surface area contributed by atoms with Crippen LogP contribution in [-0.2, 0) is 0 Å². The van der Waals surface area contributed by atoms with E-state index in [1.54, 1.807) is 22.1 Å². The van der Waals surface area contributed by atoms with E-state index in [1.807, 2.05) is 55.5 Å². The molecule has 9 nitrogen and oxygen atoms in total. The van der Waals surface area contributed by atoms with Gasteiger partial charge in [0.1, 0.15) is 21.2 Å². The molecule has 2 N–H and O–H groups in total. The highest BCUT2D eigenvalue weighted by molar-refractivity contribution is 7.21. The number of benzene rings is 2. The number of pyridine rings is 1.